The molecule has 1 saturated carbocycles. The van der Waals surface area contributed by atoms with Gasteiger partial charge in [0.2, 0.25) is 17.7 Å². The van der Waals surface area contributed by atoms with E-state index < -0.39 is 29.6 Å². The lowest BCUT2D eigenvalue weighted by Gasteiger charge is -2.35. The summed E-state index contributed by atoms with van der Waals surface area (Å²) in [7, 11) is 1.58. The van der Waals surface area contributed by atoms with E-state index in [-0.39, 0.29) is 29.7 Å². The van der Waals surface area contributed by atoms with Crippen LogP contribution < -0.4 is 16.0 Å². The lowest BCUT2D eigenvalue weighted by atomic mass is 9.82. The van der Waals surface area contributed by atoms with E-state index in [1.54, 1.807) is 11.9 Å². The first-order valence-corrected chi connectivity index (χ1v) is 15.6. The standard InChI is InChI=1S/C32H49N5O5/c1-6-36-20-24(42-31(41)37-17-16-21-12-10-11-15-23(21)19-37)18-25(36)28(38)35-27(32(2,3)4)30(40)34-26(29(39)33-5)22-13-8-7-9-14-22/h10-12,15,22,24-27H,6-9,13-14,16-20H2,1-5H3,(H,33,39)(H,34,40)(H,35,38)/t24-,25-,26-,27+/m0/s1. The summed E-state index contributed by atoms with van der Waals surface area (Å²) in [5.41, 5.74) is 1.80. The van der Waals surface area contributed by atoms with Crippen LogP contribution in [0.5, 0.6) is 0 Å². The molecule has 1 aromatic rings. The van der Waals surface area contributed by atoms with Crippen molar-refractivity contribution >= 4 is 23.8 Å². The van der Waals surface area contributed by atoms with Gasteiger partial charge in [-0.1, -0.05) is 71.2 Å². The van der Waals surface area contributed by atoms with Gasteiger partial charge in [0.05, 0.1) is 6.04 Å². The Morgan fingerprint density at radius 2 is 1.69 bits per heavy atom. The largest absolute Gasteiger partial charge is 0.445 e. The maximum atomic E-state index is 13.7. The van der Waals surface area contributed by atoms with E-state index in [4.69, 9.17) is 4.74 Å². The predicted octanol–water partition coefficient (Wildman–Crippen LogP) is 2.99. The molecule has 0 spiro atoms. The van der Waals surface area contributed by atoms with E-state index in [0.717, 1.165) is 44.1 Å². The molecule has 0 aromatic heterocycles. The fourth-order valence-corrected chi connectivity index (χ4v) is 6.61. The summed E-state index contributed by atoms with van der Waals surface area (Å²) in [5, 5.41) is 8.69. The van der Waals surface area contributed by atoms with Crippen LogP contribution in [0.15, 0.2) is 24.3 Å². The molecule has 4 amide bonds. The summed E-state index contributed by atoms with van der Waals surface area (Å²) >= 11 is 0. The van der Waals surface area contributed by atoms with Crippen LogP contribution in [-0.4, -0.2) is 84.5 Å². The van der Waals surface area contributed by atoms with Crippen molar-refractivity contribution in [2.45, 2.75) is 103 Å². The molecule has 2 aliphatic heterocycles. The molecule has 1 aliphatic carbocycles. The lowest BCUT2D eigenvalue weighted by Crippen LogP contribution is -2.60. The zero-order valence-corrected chi connectivity index (χ0v) is 25.9. The van der Waals surface area contributed by atoms with Crippen molar-refractivity contribution in [2.75, 3.05) is 26.7 Å². The van der Waals surface area contributed by atoms with Crippen LogP contribution in [0.3, 0.4) is 0 Å². The van der Waals surface area contributed by atoms with Crippen molar-refractivity contribution in [1.29, 1.82) is 0 Å². The van der Waals surface area contributed by atoms with Crippen LogP contribution in [0.1, 0.15) is 77.3 Å². The SMILES string of the molecule is CCN1C[C@@H](OC(=O)N2CCc3ccccc3C2)C[C@H]1C(=O)N[C@H](C(=O)N[C@H](C(=O)NC)C1CCCCC1)C(C)(C)C. The summed E-state index contributed by atoms with van der Waals surface area (Å²) in [6.07, 6.45) is 5.38. The summed E-state index contributed by atoms with van der Waals surface area (Å²) < 4.78 is 5.90. The van der Waals surface area contributed by atoms with Gasteiger partial charge in [-0.3, -0.25) is 19.3 Å². The number of hydrogen-bond donors (Lipinski definition) is 3. The molecule has 232 valence electrons. The topological polar surface area (TPSA) is 120 Å². The van der Waals surface area contributed by atoms with Gasteiger partial charge in [-0.2, -0.15) is 0 Å². The highest BCUT2D eigenvalue weighted by Crippen LogP contribution is 2.28. The monoisotopic (exact) mass is 583 g/mol. The number of carbonyl (C=O) groups is 4. The van der Waals surface area contributed by atoms with Gasteiger partial charge < -0.3 is 25.6 Å². The third kappa shape index (κ3) is 7.62. The number of nitrogens with zero attached hydrogens (tertiary/aromatic N) is 2. The zero-order valence-electron chi connectivity index (χ0n) is 25.9. The molecule has 2 heterocycles. The molecule has 1 saturated heterocycles. The van der Waals surface area contributed by atoms with Crippen LogP contribution in [0, 0.1) is 11.3 Å². The maximum absolute atomic E-state index is 13.7. The van der Waals surface area contributed by atoms with E-state index in [9.17, 15) is 19.2 Å². The molecule has 0 bridgehead atoms. The Kier molecular flexibility index (Phi) is 10.5. The van der Waals surface area contributed by atoms with Gasteiger partial charge in [0.1, 0.15) is 18.2 Å². The van der Waals surface area contributed by atoms with E-state index >= 15 is 0 Å². The molecular formula is C32H49N5O5. The molecule has 0 radical (unpaired) electrons. The van der Waals surface area contributed by atoms with Crippen LogP contribution in [0.2, 0.25) is 0 Å². The van der Waals surface area contributed by atoms with Crippen LogP contribution in [0.25, 0.3) is 0 Å². The Hall–Kier alpha value is -3.14. The molecule has 2 fully saturated rings. The molecular weight excluding hydrogens is 534 g/mol. The minimum absolute atomic E-state index is 0.0770. The Bertz CT molecular complexity index is 1130. The minimum atomic E-state index is -0.838. The molecule has 1 aromatic carbocycles. The number of benzene rings is 1. The Morgan fingerprint density at radius 1 is 1.00 bits per heavy atom. The van der Waals surface area contributed by atoms with Gasteiger partial charge in [0.15, 0.2) is 0 Å². The average molecular weight is 584 g/mol. The van der Waals surface area contributed by atoms with Gasteiger partial charge in [-0.25, -0.2) is 4.79 Å². The Labute approximate surface area is 250 Å². The first kappa shape index (κ1) is 31.8. The highest BCUT2D eigenvalue weighted by molar-refractivity contribution is 5.93. The molecule has 10 nitrogen and oxygen atoms in total. The van der Waals surface area contributed by atoms with Crippen molar-refractivity contribution < 1.29 is 23.9 Å². The van der Waals surface area contributed by atoms with Gasteiger partial charge in [-0.15, -0.1) is 0 Å². The van der Waals surface area contributed by atoms with Crippen molar-refractivity contribution in [3.63, 3.8) is 0 Å². The summed E-state index contributed by atoms with van der Waals surface area (Å²) in [4.78, 5) is 56.8. The molecule has 4 rings (SSSR count). The van der Waals surface area contributed by atoms with E-state index in [1.807, 2.05) is 50.8 Å². The Balaban J connectivity index is 1.39. The van der Waals surface area contributed by atoms with E-state index in [0.29, 0.717) is 32.6 Å². The predicted molar refractivity (Wildman–Crippen MR) is 160 cm³/mol. The molecule has 42 heavy (non-hydrogen) atoms. The number of amides is 4. The fraction of sp³-hybridized carbons (Fsp3) is 0.688. The van der Waals surface area contributed by atoms with Crippen LogP contribution in [0.4, 0.5) is 4.79 Å². The number of likely N-dealkylation sites (N-methyl/N-ethyl adjacent to an activating group) is 2. The van der Waals surface area contributed by atoms with Crippen LogP contribution >= 0.6 is 0 Å². The molecule has 4 atom stereocenters. The van der Waals surface area contributed by atoms with E-state index in [1.165, 1.54) is 5.56 Å². The third-order valence-electron chi connectivity index (χ3n) is 9.09. The van der Waals surface area contributed by atoms with Crippen molar-refractivity contribution in [1.82, 2.24) is 25.8 Å². The molecule has 10 heteroatoms. The average Bonchev–Trinajstić information content (AvgIpc) is 3.40. The summed E-state index contributed by atoms with van der Waals surface area (Å²) in [6.45, 7) is 9.86. The summed E-state index contributed by atoms with van der Waals surface area (Å²) in [5.74, 6) is -0.756. The van der Waals surface area contributed by atoms with Crippen molar-refractivity contribution in [2.24, 2.45) is 11.3 Å². The first-order chi connectivity index (χ1) is 20.0. The van der Waals surface area contributed by atoms with E-state index in [2.05, 4.69) is 22.0 Å². The van der Waals surface area contributed by atoms with Crippen LogP contribution in [-0.2, 0) is 32.1 Å². The lowest BCUT2D eigenvalue weighted by molar-refractivity contribution is -0.136. The quantitative estimate of drug-likeness (QED) is 0.433. The number of hydrogen-bond acceptors (Lipinski definition) is 6. The second-order valence-corrected chi connectivity index (χ2v) is 13.1. The molecule has 3 aliphatic rings. The summed E-state index contributed by atoms with van der Waals surface area (Å²) in [6, 6.07) is 6.13. The van der Waals surface area contributed by atoms with Gasteiger partial charge >= 0.3 is 6.09 Å². The first-order valence-electron chi connectivity index (χ1n) is 15.6. The second kappa shape index (κ2) is 13.9. The smallest absolute Gasteiger partial charge is 0.410 e. The van der Waals surface area contributed by atoms with Gasteiger partial charge in [-0.05, 0) is 48.3 Å². The molecule has 0 unspecified atom stereocenters. The number of nitrogens with one attached hydrogen (secondary N) is 3. The number of fused-ring (bicyclic) bond motifs is 1. The maximum Gasteiger partial charge on any atom is 0.410 e. The number of rotatable bonds is 8. The second-order valence-electron chi connectivity index (χ2n) is 13.1. The highest BCUT2D eigenvalue weighted by atomic mass is 16.6. The van der Waals surface area contributed by atoms with Crippen molar-refractivity contribution in [3.05, 3.63) is 35.4 Å². The fourth-order valence-electron chi connectivity index (χ4n) is 6.61. The number of ether oxygens (including phenoxy) is 1. The number of carbonyl (C=O) groups excluding carboxylic acids is 4. The highest BCUT2D eigenvalue weighted by Gasteiger charge is 2.42. The normalized spacial score (nSPS) is 22.9. The van der Waals surface area contributed by atoms with Gasteiger partial charge in [0, 0.05) is 33.1 Å². The van der Waals surface area contributed by atoms with Crippen molar-refractivity contribution in [3.8, 4) is 0 Å². The minimum Gasteiger partial charge on any atom is -0.445 e. The number of likely N-dealkylation sites (tertiary alicyclic amines) is 1. The zero-order chi connectivity index (χ0) is 30.4. The Morgan fingerprint density at radius 3 is 2.33 bits per heavy atom. The van der Waals surface area contributed by atoms with Gasteiger partial charge in [0.25, 0.3) is 0 Å². The molecule has 3 N–H and O–H groups in total. The third-order valence-corrected chi connectivity index (χ3v) is 9.09.